The summed E-state index contributed by atoms with van der Waals surface area (Å²) in [4.78, 5) is 12.8. The van der Waals surface area contributed by atoms with Gasteiger partial charge in [-0.1, -0.05) is 31.8 Å². The van der Waals surface area contributed by atoms with Crippen LogP contribution in [0, 0.1) is 31.6 Å². The lowest BCUT2D eigenvalue weighted by atomic mass is 9.89. The Morgan fingerprint density at radius 1 is 1.15 bits per heavy atom. The first-order valence-corrected chi connectivity index (χ1v) is 16.1. The maximum absolute atomic E-state index is 12.8. The molecular weight excluding hydrogens is 464 g/mol. The van der Waals surface area contributed by atoms with Crippen molar-refractivity contribution in [2.45, 2.75) is 78.0 Å². The fraction of sp³-hybridized carbons (Fsp3) is 0.615. The van der Waals surface area contributed by atoms with Gasteiger partial charge in [-0.15, -0.1) is 12.4 Å². The summed E-state index contributed by atoms with van der Waals surface area (Å²) < 4.78 is 7.85. The first kappa shape index (κ1) is 26.9. The Morgan fingerprint density at radius 2 is 1.74 bits per heavy atom. The molecule has 0 bridgehead atoms. The minimum absolute atomic E-state index is 0. The van der Waals surface area contributed by atoms with E-state index in [1.54, 1.807) is 0 Å². The number of hydrogen-bond donors (Lipinski definition) is 2. The molecule has 2 aromatic rings. The average molecular weight is 505 g/mol. The van der Waals surface area contributed by atoms with E-state index in [9.17, 15) is 4.79 Å². The van der Waals surface area contributed by atoms with Crippen molar-refractivity contribution in [3.8, 4) is 11.1 Å². The van der Waals surface area contributed by atoms with E-state index in [1.807, 2.05) is 35.9 Å². The Kier molecular flexibility index (Phi) is 8.66. The lowest BCUT2D eigenvalue weighted by Gasteiger charge is -2.23. The number of carbonyl (C=O) groups is 1. The molecule has 1 unspecified atom stereocenters. The van der Waals surface area contributed by atoms with E-state index in [2.05, 4.69) is 31.9 Å². The molecule has 2 fully saturated rings. The van der Waals surface area contributed by atoms with Gasteiger partial charge in [0.1, 0.15) is 6.73 Å². The van der Waals surface area contributed by atoms with Gasteiger partial charge >= 0.3 is 0 Å². The van der Waals surface area contributed by atoms with Crippen molar-refractivity contribution in [3.63, 3.8) is 0 Å². The molecule has 0 aliphatic heterocycles. The molecule has 8 heteroatoms. The molecule has 1 aromatic carbocycles. The second-order valence-corrected chi connectivity index (χ2v) is 16.9. The fourth-order valence-corrected chi connectivity index (χ4v) is 5.58. The number of nitrogens with zero attached hydrogens (tertiary/aromatic N) is 2. The van der Waals surface area contributed by atoms with Crippen LogP contribution in [0.15, 0.2) is 24.3 Å². The van der Waals surface area contributed by atoms with E-state index in [-0.39, 0.29) is 18.3 Å². The molecule has 1 heterocycles. The molecule has 2 aliphatic carbocycles. The van der Waals surface area contributed by atoms with Crippen LogP contribution in [0.5, 0.6) is 0 Å². The first-order chi connectivity index (χ1) is 15.6. The Morgan fingerprint density at radius 3 is 2.26 bits per heavy atom. The van der Waals surface area contributed by atoms with Gasteiger partial charge in [0.2, 0.25) is 5.91 Å². The summed E-state index contributed by atoms with van der Waals surface area (Å²) in [7, 11) is -1.10. The molecule has 2 saturated carbocycles. The molecule has 1 atom stereocenters. The van der Waals surface area contributed by atoms with Gasteiger partial charge < -0.3 is 15.8 Å². The van der Waals surface area contributed by atoms with Crippen molar-refractivity contribution >= 4 is 32.1 Å². The predicted molar refractivity (Wildman–Crippen MR) is 144 cm³/mol. The lowest BCUT2D eigenvalue weighted by molar-refractivity contribution is -0.118. The molecule has 3 N–H and O–H groups in total. The molecule has 2 aliphatic rings. The second-order valence-electron chi connectivity index (χ2n) is 11.2. The van der Waals surface area contributed by atoms with Crippen LogP contribution < -0.4 is 11.1 Å². The van der Waals surface area contributed by atoms with Gasteiger partial charge in [0.15, 0.2) is 0 Å². The van der Waals surface area contributed by atoms with Crippen molar-refractivity contribution < 1.29 is 9.53 Å². The second kappa shape index (κ2) is 10.9. The monoisotopic (exact) mass is 504 g/mol. The predicted octanol–water partition coefficient (Wildman–Crippen LogP) is 5.60. The smallest absolute Gasteiger partial charge is 0.241 e. The molecule has 188 valence electrons. The van der Waals surface area contributed by atoms with Crippen LogP contribution in [0.25, 0.3) is 11.1 Å². The minimum Gasteiger partial charge on any atom is -0.360 e. The molecular formula is C26H41ClN4O2Si. The molecule has 1 amide bonds. The number of carbonyl (C=O) groups excluding carboxylic acids is 1. The Hall–Kier alpha value is -1.67. The average Bonchev–Trinajstić information content (AvgIpc) is 3.67. The normalized spacial score (nSPS) is 16.9. The first-order valence-electron chi connectivity index (χ1n) is 12.4. The molecule has 34 heavy (non-hydrogen) atoms. The molecule has 1 aromatic heterocycles. The highest BCUT2D eigenvalue weighted by Gasteiger charge is 2.46. The summed E-state index contributed by atoms with van der Waals surface area (Å²) in [6.45, 7) is 12.4. The number of aromatic nitrogens is 2. The van der Waals surface area contributed by atoms with Gasteiger partial charge in [0, 0.05) is 31.6 Å². The number of aryl methyl sites for hydroxylation is 1. The number of hydrogen-bond acceptors (Lipinski definition) is 4. The zero-order valence-electron chi connectivity index (χ0n) is 21.3. The summed E-state index contributed by atoms with van der Waals surface area (Å²) in [5.41, 5.74) is 11.5. The molecule has 0 radical (unpaired) electrons. The maximum Gasteiger partial charge on any atom is 0.241 e. The quantitative estimate of drug-likeness (QED) is 0.308. The lowest BCUT2D eigenvalue weighted by Crippen LogP contribution is -2.43. The third-order valence-corrected chi connectivity index (χ3v) is 8.79. The number of rotatable bonds is 11. The van der Waals surface area contributed by atoms with Gasteiger partial charge in [-0.05, 0) is 81.0 Å². The summed E-state index contributed by atoms with van der Waals surface area (Å²) in [6, 6.07) is 8.77. The van der Waals surface area contributed by atoms with Gasteiger partial charge in [-0.2, -0.15) is 5.10 Å². The number of amides is 1. The van der Waals surface area contributed by atoms with Gasteiger partial charge in [0.05, 0.1) is 11.7 Å². The van der Waals surface area contributed by atoms with E-state index in [0.29, 0.717) is 24.5 Å². The van der Waals surface area contributed by atoms with Crippen LogP contribution in [-0.2, 0) is 16.3 Å². The summed E-state index contributed by atoms with van der Waals surface area (Å²) in [5.74, 6) is 1.61. The number of anilines is 1. The maximum atomic E-state index is 12.8. The molecule has 4 rings (SSSR count). The van der Waals surface area contributed by atoms with Crippen LogP contribution in [0.3, 0.4) is 0 Å². The fourth-order valence-electron chi connectivity index (χ4n) is 4.82. The third kappa shape index (κ3) is 6.71. The van der Waals surface area contributed by atoms with Gasteiger partial charge in [-0.25, -0.2) is 4.68 Å². The number of halogens is 1. The highest BCUT2D eigenvalue weighted by Crippen LogP contribution is 2.50. The van der Waals surface area contributed by atoms with Crippen LogP contribution in [0.4, 0.5) is 5.69 Å². The Balaban J connectivity index is 0.00000324. The van der Waals surface area contributed by atoms with Crippen molar-refractivity contribution in [2.75, 3.05) is 11.9 Å². The number of nitrogens with two attached hydrogens (primary N) is 1. The summed E-state index contributed by atoms with van der Waals surface area (Å²) in [5, 5.41) is 7.74. The summed E-state index contributed by atoms with van der Waals surface area (Å²) in [6.07, 6.45) is 4.92. The standard InChI is InChI=1S/C26H40N4O2Si.ClH/c1-17-23(18(2)30(29-17)16-32-14-15-33(3,4)5)19-10-12-22(13-11-19)28-26(31)25(27)24(20-6-7-20)21-8-9-21;/h10-13,20-21,24-25H,6-9,14-16,27H2,1-5H3,(H,28,31);1H. The van der Waals surface area contributed by atoms with Crippen molar-refractivity contribution in [1.82, 2.24) is 9.78 Å². The van der Waals surface area contributed by atoms with Gasteiger partial charge in [0.25, 0.3) is 0 Å². The zero-order chi connectivity index (χ0) is 23.8. The zero-order valence-corrected chi connectivity index (χ0v) is 23.1. The highest BCUT2D eigenvalue weighted by molar-refractivity contribution is 6.76. The van der Waals surface area contributed by atoms with E-state index >= 15 is 0 Å². The number of ether oxygens (including phenoxy) is 1. The third-order valence-electron chi connectivity index (χ3n) is 7.08. The van der Waals surface area contributed by atoms with Crippen LogP contribution in [0.1, 0.15) is 37.1 Å². The molecule has 6 nitrogen and oxygen atoms in total. The van der Waals surface area contributed by atoms with Crippen molar-refractivity contribution in [1.29, 1.82) is 0 Å². The van der Waals surface area contributed by atoms with E-state index in [0.717, 1.165) is 40.9 Å². The van der Waals surface area contributed by atoms with Crippen molar-refractivity contribution in [2.24, 2.45) is 23.5 Å². The minimum atomic E-state index is -1.10. The van der Waals surface area contributed by atoms with Crippen LogP contribution in [-0.4, -0.2) is 36.4 Å². The molecule has 0 spiro atoms. The Bertz CT molecular complexity index is 966. The summed E-state index contributed by atoms with van der Waals surface area (Å²) >= 11 is 0. The van der Waals surface area contributed by atoms with Crippen LogP contribution >= 0.6 is 12.4 Å². The van der Waals surface area contributed by atoms with E-state index in [4.69, 9.17) is 15.6 Å². The topological polar surface area (TPSA) is 82.2 Å². The number of nitrogens with one attached hydrogen (secondary N) is 1. The van der Waals surface area contributed by atoms with Crippen molar-refractivity contribution in [3.05, 3.63) is 35.7 Å². The SMILES string of the molecule is Cc1nn(COCC[Si](C)(C)C)c(C)c1-c1ccc(NC(=O)C(N)C(C2CC2)C2CC2)cc1.Cl. The Labute approximate surface area is 211 Å². The van der Waals surface area contributed by atoms with Crippen LogP contribution in [0.2, 0.25) is 25.7 Å². The highest BCUT2D eigenvalue weighted by atomic mass is 35.5. The molecule has 0 saturated heterocycles. The number of benzene rings is 1. The van der Waals surface area contributed by atoms with E-state index < -0.39 is 14.1 Å². The van der Waals surface area contributed by atoms with E-state index in [1.165, 1.54) is 25.7 Å². The van der Waals surface area contributed by atoms with Gasteiger partial charge in [-0.3, -0.25) is 4.79 Å². The largest absolute Gasteiger partial charge is 0.360 e.